The zero-order valence-corrected chi connectivity index (χ0v) is 26.0. The molecular weight excluding hydrogens is 593 g/mol. The maximum Gasteiger partial charge on any atom is 0.225 e. The molecule has 0 amide bonds. The summed E-state index contributed by atoms with van der Waals surface area (Å²) in [6, 6.07) is 5.21. The fraction of sp³-hybridized carbons (Fsp3) is 0.414. The molecule has 1 atom stereocenters. The van der Waals surface area contributed by atoms with Crippen LogP contribution in [0.25, 0.3) is 11.4 Å². The molecule has 2 aliphatic heterocycles. The number of allylic oxidation sites excluding steroid dienone is 1. The summed E-state index contributed by atoms with van der Waals surface area (Å²) in [5.74, 6) is 2.25. The molecule has 0 spiro atoms. The van der Waals surface area contributed by atoms with Gasteiger partial charge in [-0.1, -0.05) is 23.2 Å². The first kappa shape index (κ1) is 30.9. The molecule has 4 heterocycles. The van der Waals surface area contributed by atoms with Crippen LogP contribution in [0.5, 0.6) is 5.75 Å². The van der Waals surface area contributed by atoms with Gasteiger partial charge in [0.1, 0.15) is 30.0 Å². The van der Waals surface area contributed by atoms with Crippen molar-refractivity contribution in [1.29, 1.82) is 0 Å². The van der Waals surface area contributed by atoms with Crippen LogP contribution in [0.1, 0.15) is 22.5 Å². The maximum atomic E-state index is 10.1. The van der Waals surface area contributed by atoms with Gasteiger partial charge in [-0.25, -0.2) is 19.9 Å². The Balaban J connectivity index is 1.52. The van der Waals surface area contributed by atoms with Crippen molar-refractivity contribution in [2.75, 3.05) is 57.2 Å². The Labute approximate surface area is 260 Å². The van der Waals surface area contributed by atoms with Gasteiger partial charge >= 0.3 is 0 Å². The van der Waals surface area contributed by atoms with Gasteiger partial charge in [0.2, 0.25) is 5.95 Å². The Morgan fingerprint density at radius 3 is 2.74 bits per heavy atom. The lowest BCUT2D eigenvalue weighted by molar-refractivity contribution is 0.0778. The summed E-state index contributed by atoms with van der Waals surface area (Å²) in [4.78, 5) is 27.9. The highest BCUT2D eigenvalue weighted by Crippen LogP contribution is 2.36. The predicted molar refractivity (Wildman–Crippen MR) is 168 cm³/mol. The third-order valence-electron chi connectivity index (χ3n) is 7.41. The Kier molecular flexibility index (Phi) is 9.62. The third-order valence-corrected chi connectivity index (χ3v) is 8.04. The SMILES string of the molecule is CN=C(C(Cl)=CN)c1nc(-c2cc(OC[C@H](O)CNC)ccc2Cl)nc(N2Cc3cnc(N4CC(OC)C4)nc3C2)c1C. The topological polar surface area (TPSA) is 147 Å². The molecule has 0 saturated carbocycles. The first-order valence-electron chi connectivity index (χ1n) is 13.8. The molecule has 2 aromatic heterocycles. The normalized spacial score (nSPS) is 16.3. The van der Waals surface area contributed by atoms with E-state index in [4.69, 9.17) is 53.4 Å². The summed E-state index contributed by atoms with van der Waals surface area (Å²) in [7, 11) is 5.11. The molecule has 3 aromatic rings. The molecule has 1 saturated heterocycles. The van der Waals surface area contributed by atoms with Crippen molar-refractivity contribution in [3.05, 3.63) is 63.2 Å². The number of nitrogens with two attached hydrogens (primary N) is 1. The number of rotatable bonds is 11. The number of methoxy groups -OCH3 is 1. The Hall–Kier alpha value is -3.55. The van der Waals surface area contributed by atoms with Crippen LogP contribution in [-0.4, -0.2) is 90.4 Å². The summed E-state index contributed by atoms with van der Waals surface area (Å²) in [5, 5.41) is 13.7. The highest BCUT2D eigenvalue weighted by atomic mass is 35.5. The van der Waals surface area contributed by atoms with Crippen molar-refractivity contribution < 1.29 is 14.6 Å². The molecule has 0 aliphatic carbocycles. The van der Waals surface area contributed by atoms with Gasteiger partial charge in [0.25, 0.3) is 0 Å². The van der Waals surface area contributed by atoms with Gasteiger partial charge in [0.15, 0.2) is 5.82 Å². The number of ether oxygens (including phenoxy) is 2. The van der Waals surface area contributed by atoms with Gasteiger partial charge in [0.05, 0.1) is 34.1 Å². The fourth-order valence-corrected chi connectivity index (χ4v) is 5.39. The van der Waals surface area contributed by atoms with Crippen molar-refractivity contribution in [2.24, 2.45) is 10.7 Å². The smallest absolute Gasteiger partial charge is 0.225 e. The van der Waals surface area contributed by atoms with Crippen LogP contribution in [-0.2, 0) is 17.8 Å². The van der Waals surface area contributed by atoms with Crippen LogP contribution in [0.2, 0.25) is 5.02 Å². The number of hydrogen-bond donors (Lipinski definition) is 3. The number of aliphatic hydroxyl groups is 1. The molecule has 0 unspecified atom stereocenters. The Bertz CT molecular complexity index is 1550. The molecule has 0 radical (unpaired) electrons. The molecule has 43 heavy (non-hydrogen) atoms. The highest BCUT2D eigenvalue weighted by Gasteiger charge is 2.32. The van der Waals surface area contributed by atoms with E-state index in [2.05, 4.69) is 25.1 Å². The number of benzene rings is 1. The molecule has 14 heteroatoms. The molecule has 1 fully saturated rings. The predicted octanol–water partition coefficient (Wildman–Crippen LogP) is 2.67. The molecule has 12 nitrogen and oxygen atoms in total. The van der Waals surface area contributed by atoms with E-state index in [0.717, 1.165) is 29.9 Å². The number of nitrogens with one attached hydrogen (secondary N) is 1. The van der Waals surface area contributed by atoms with Crippen molar-refractivity contribution >= 4 is 40.7 Å². The first-order chi connectivity index (χ1) is 20.8. The summed E-state index contributed by atoms with van der Waals surface area (Å²) < 4.78 is 11.2. The monoisotopic (exact) mass is 627 g/mol. The molecule has 1 aromatic carbocycles. The molecule has 2 aliphatic rings. The van der Waals surface area contributed by atoms with Crippen LogP contribution in [0.4, 0.5) is 11.8 Å². The molecular formula is C29H35Cl2N9O3. The van der Waals surface area contributed by atoms with Gasteiger partial charge in [-0.05, 0) is 32.2 Å². The van der Waals surface area contributed by atoms with E-state index in [-0.39, 0.29) is 17.7 Å². The first-order valence-corrected chi connectivity index (χ1v) is 14.6. The van der Waals surface area contributed by atoms with Gasteiger partial charge in [0, 0.05) is 69.4 Å². The van der Waals surface area contributed by atoms with E-state index in [1.165, 1.54) is 6.20 Å². The number of aliphatic imine (C=N–C) groups is 1. The van der Waals surface area contributed by atoms with Crippen LogP contribution in [0, 0.1) is 6.92 Å². The second kappa shape index (κ2) is 13.4. The van der Waals surface area contributed by atoms with E-state index in [9.17, 15) is 5.11 Å². The summed E-state index contributed by atoms with van der Waals surface area (Å²) >= 11 is 13.2. The van der Waals surface area contributed by atoms with Crippen LogP contribution < -0.4 is 25.6 Å². The van der Waals surface area contributed by atoms with E-state index in [1.807, 2.05) is 13.1 Å². The molecule has 228 valence electrons. The molecule has 0 bridgehead atoms. The van der Waals surface area contributed by atoms with Crippen LogP contribution in [0.15, 0.2) is 40.6 Å². The number of halogens is 2. The van der Waals surface area contributed by atoms with Crippen molar-refractivity contribution in [3.8, 4) is 17.1 Å². The van der Waals surface area contributed by atoms with E-state index < -0.39 is 6.10 Å². The largest absolute Gasteiger partial charge is 0.491 e. The number of aliphatic hydroxyl groups excluding tert-OH is 1. The summed E-state index contributed by atoms with van der Waals surface area (Å²) in [6.45, 7) is 5.06. The van der Waals surface area contributed by atoms with Crippen LogP contribution in [0.3, 0.4) is 0 Å². The van der Waals surface area contributed by atoms with Crippen molar-refractivity contribution in [1.82, 2.24) is 25.3 Å². The van der Waals surface area contributed by atoms with E-state index in [1.54, 1.807) is 39.4 Å². The lowest BCUT2D eigenvalue weighted by Gasteiger charge is -2.38. The Morgan fingerprint density at radius 2 is 2.05 bits per heavy atom. The summed E-state index contributed by atoms with van der Waals surface area (Å²) in [6.07, 6.45) is 2.69. The average Bonchev–Trinajstić information content (AvgIpc) is 3.41. The average molecular weight is 629 g/mol. The number of fused-ring (bicyclic) bond motifs is 1. The number of anilines is 2. The second-order valence-electron chi connectivity index (χ2n) is 10.4. The zero-order valence-electron chi connectivity index (χ0n) is 24.5. The van der Waals surface area contributed by atoms with Gasteiger partial charge in [-0.3, -0.25) is 4.99 Å². The minimum atomic E-state index is -0.672. The highest BCUT2D eigenvalue weighted by molar-refractivity contribution is 6.46. The van der Waals surface area contributed by atoms with Crippen molar-refractivity contribution in [2.45, 2.75) is 32.2 Å². The van der Waals surface area contributed by atoms with Gasteiger partial charge in [-0.2, -0.15) is 0 Å². The fourth-order valence-electron chi connectivity index (χ4n) is 5.02. The Morgan fingerprint density at radius 1 is 1.26 bits per heavy atom. The molecule has 5 rings (SSSR count). The summed E-state index contributed by atoms with van der Waals surface area (Å²) in [5.41, 5.74) is 10.0. The third kappa shape index (κ3) is 6.53. The zero-order chi connectivity index (χ0) is 30.7. The van der Waals surface area contributed by atoms with Crippen LogP contribution >= 0.6 is 23.2 Å². The number of hydrogen-bond acceptors (Lipinski definition) is 12. The number of likely N-dealkylation sites (N-methyl/N-ethyl adjacent to an activating group) is 1. The van der Waals surface area contributed by atoms with Gasteiger partial charge in [-0.15, -0.1) is 0 Å². The number of aromatic nitrogens is 4. The lowest BCUT2D eigenvalue weighted by Crippen LogP contribution is -2.52. The number of nitrogens with zero attached hydrogens (tertiary/aromatic N) is 7. The second-order valence-corrected chi connectivity index (χ2v) is 11.2. The minimum absolute atomic E-state index is 0.106. The quantitative estimate of drug-likeness (QED) is 0.269. The van der Waals surface area contributed by atoms with E-state index >= 15 is 0 Å². The van der Waals surface area contributed by atoms with Crippen molar-refractivity contribution in [3.63, 3.8) is 0 Å². The minimum Gasteiger partial charge on any atom is -0.491 e. The van der Waals surface area contributed by atoms with Gasteiger partial charge < -0.3 is 35.4 Å². The molecule has 4 N–H and O–H groups in total. The van der Waals surface area contributed by atoms with E-state index in [0.29, 0.717) is 65.0 Å². The maximum absolute atomic E-state index is 10.1. The standard InChI is InChI=1S/C29H35Cl2N9O3/c1-16-25(26(34-3)23(31)8-32)37-27(21-7-19(5-6-22(21)30)43-15-18(41)10-33-2)38-28(16)39-11-17-9-35-29(36-24(17)14-39)40-12-20(13-40)42-4/h5-9,18,20,33,41H,10-15,32H2,1-4H3/t18-/m1/s1. The lowest BCUT2D eigenvalue weighted by atomic mass is 10.1.